The van der Waals surface area contributed by atoms with Crippen molar-refractivity contribution in [1.82, 2.24) is 19.2 Å². The number of anilines is 1. The van der Waals surface area contributed by atoms with Crippen molar-refractivity contribution in [2.75, 3.05) is 57.0 Å². The van der Waals surface area contributed by atoms with Crippen molar-refractivity contribution in [3.8, 4) is 0 Å². The molecule has 4 rings (SSSR count). The van der Waals surface area contributed by atoms with Crippen LogP contribution in [0.1, 0.15) is 0 Å². The molecule has 0 radical (unpaired) electrons. The Labute approximate surface area is 167 Å². The molecule has 0 aromatic carbocycles. The number of hydrogen-bond acceptors (Lipinski definition) is 8. The molecule has 11 heteroatoms. The SMILES string of the molecule is CS(=O)(=O)N1CCN(CC2CN(c3ncnc4ccsc34)CC(Cl)O2)CC1. The third-order valence-electron chi connectivity index (χ3n) is 4.91. The number of hydrogen-bond donors (Lipinski definition) is 0. The summed E-state index contributed by atoms with van der Waals surface area (Å²) in [5.41, 5.74) is 0.530. The number of morpholine rings is 1. The van der Waals surface area contributed by atoms with Crippen LogP contribution in [0.5, 0.6) is 0 Å². The molecule has 0 saturated carbocycles. The van der Waals surface area contributed by atoms with Crippen molar-refractivity contribution >= 4 is 49.0 Å². The zero-order valence-corrected chi connectivity index (χ0v) is 17.4. The first kappa shape index (κ1) is 19.3. The molecular weight excluding hydrogens is 410 g/mol. The van der Waals surface area contributed by atoms with Gasteiger partial charge in [0.25, 0.3) is 0 Å². The Morgan fingerprint density at radius 3 is 2.78 bits per heavy atom. The summed E-state index contributed by atoms with van der Waals surface area (Å²) in [6.07, 6.45) is 2.79. The van der Waals surface area contributed by atoms with Gasteiger partial charge in [-0.25, -0.2) is 18.4 Å². The molecular formula is C16H22ClN5O3S2. The maximum atomic E-state index is 11.7. The Balaban J connectivity index is 1.42. The summed E-state index contributed by atoms with van der Waals surface area (Å²) in [5.74, 6) is 0.899. The highest BCUT2D eigenvalue weighted by Gasteiger charge is 2.31. The minimum absolute atomic E-state index is 0.0592. The maximum Gasteiger partial charge on any atom is 0.211 e. The van der Waals surface area contributed by atoms with Crippen molar-refractivity contribution in [3.05, 3.63) is 17.8 Å². The fraction of sp³-hybridized carbons (Fsp3) is 0.625. The third kappa shape index (κ3) is 4.36. The number of ether oxygens (including phenoxy) is 1. The number of alkyl halides is 1. The number of fused-ring (bicyclic) bond motifs is 1. The molecule has 2 atom stereocenters. The first-order chi connectivity index (χ1) is 12.9. The maximum absolute atomic E-state index is 11.7. The molecule has 0 N–H and O–H groups in total. The van der Waals surface area contributed by atoms with Gasteiger partial charge in [0.15, 0.2) is 0 Å². The second kappa shape index (κ2) is 7.76. The standard InChI is InChI=1S/C16H22ClN5O3S2/c1-27(23,24)22-5-3-20(4-6-22)8-12-9-21(10-14(17)25-12)16-15-13(2-7-26-15)18-11-19-16/h2,7,11-12,14H,3-6,8-10H2,1H3. The fourth-order valence-corrected chi connectivity index (χ4v) is 5.60. The van der Waals surface area contributed by atoms with Gasteiger partial charge < -0.3 is 9.64 Å². The van der Waals surface area contributed by atoms with Gasteiger partial charge >= 0.3 is 0 Å². The monoisotopic (exact) mass is 431 g/mol. The van der Waals surface area contributed by atoms with Crippen LogP contribution < -0.4 is 4.90 Å². The second-order valence-corrected chi connectivity index (χ2v) is 10.3. The molecule has 2 aromatic heterocycles. The fourth-order valence-electron chi connectivity index (χ4n) is 3.60. The highest BCUT2D eigenvalue weighted by atomic mass is 35.5. The zero-order chi connectivity index (χ0) is 19.0. The molecule has 8 nitrogen and oxygen atoms in total. The first-order valence-corrected chi connectivity index (χ1v) is 12.0. The van der Waals surface area contributed by atoms with Crippen LogP contribution in [0.25, 0.3) is 10.2 Å². The summed E-state index contributed by atoms with van der Waals surface area (Å²) in [5, 5.41) is 2.01. The van der Waals surface area contributed by atoms with Gasteiger partial charge in [0.1, 0.15) is 17.7 Å². The minimum atomic E-state index is -3.12. The zero-order valence-electron chi connectivity index (χ0n) is 15.0. The quantitative estimate of drug-likeness (QED) is 0.669. The number of piperazine rings is 1. The summed E-state index contributed by atoms with van der Waals surface area (Å²) in [6.45, 7) is 4.41. The van der Waals surface area contributed by atoms with E-state index in [4.69, 9.17) is 16.3 Å². The molecule has 148 valence electrons. The molecule has 0 amide bonds. The number of nitrogens with zero attached hydrogens (tertiary/aromatic N) is 5. The van der Waals surface area contributed by atoms with Gasteiger partial charge in [-0.3, -0.25) is 4.90 Å². The molecule has 2 fully saturated rings. The van der Waals surface area contributed by atoms with Crippen molar-refractivity contribution in [2.45, 2.75) is 11.7 Å². The Bertz CT molecular complexity index is 900. The van der Waals surface area contributed by atoms with Gasteiger partial charge in [-0.05, 0) is 11.4 Å². The van der Waals surface area contributed by atoms with E-state index < -0.39 is 15.6 Å². The van der Waals surface area contributed by atoms with Gasteiger partial charge in [0, 0.05) is 39.3 Å². The van der Waals surface area contributed by atoms with E-state index in [2.05, 4.69) is 19.8 Å². The molecule has 4 heterocycles. The van der Waals surface area contributed by atoms with Crippen molar-refractivity contribution in [3.63, 3.8) is 0 Å². The largest absolute Gasteiger partial charge is 0.354 e. The lowest BCUT2D eigenvalue weighted by molar-refractivity contribution is -0.00898. The van der Waals surface area contributed by atoms with E-state index in [1.54, 1.807) is 17.7 Å². The first-order valence-electron chi connectivity index (χ1n) is 8.80. The predicted octanol–water partition coefficient (Wildman–Crippen LogP) is 1.04. The van der Waals surface area contributed by atoms with Gasteiger partial charge in [0.05, 0.1) is 29.1 Å². The lowest BCUT2D eigenvalue weighted by Gasteiger charge is -2.40. The Kier molecular flexibility index (Phi) is 5.55. The summed E-state index contributed by atoms with van der Waals surface area (Å²) in [7, 11) is -3.12. The number of halogens is 1. The van der Waals surface area contributed by atoms with Crippen LogP contribution in [0.2, 0.25) is 0 Å². The number of rotatable bonds is 4. The normalized spacial score (nSPS) is 25.9. The van der Waals surface area contributed by atoms with Crippen LogP contribution in [0.4, 0.5) is 5.82 Å². The number of sulfonamides is 1. The van der Waals surface area contributed by atoms with Crippen LogP contribution in [0.3, 0.4) is 0 Å². The van der Waals surface area contributed by atoms with E-state index in [0.29, 0.717) is 39.3 Å². The Morgan fingerprint density at radius 2 is 2.04 bits per heavy atom. The summed E-state index contributed by atoms with van der Waals surface area (Å²) in [6, 6.07) is 1.99. The lowest BCUT2D eigenvalue weighted by atomic mass is 10.2. The predicted molar refractivity (Wildman–Crippen MR) is 107 cm³/mol. The number of aromatic nitrogens is 2. The van der Waals surface area contributed by atoms with Crippen LogP contribution in [0.15, 0.2) is 17.8 Å². The smallest absolute Gasteiger partial charge is 0.211 e. The molecule has 2 aromatic rings. The topological polar surface area (TPSA) is 78.9 Å². The summed E-state index contributed by atoms with van der Waals surface area (Å²) in [4.78, 5) is 13.2. The third-order valence-corrected chi connectivity index (χ3v) is 7.36. The van der Waals surface area contributed by atoms with Crippen LogP contribution in [-0.2, 0) is 14.8 Å². The van der Waals surface area contributed by atoms with E-state index in [-0.39, 0.29) is 6.10 Å². The summed E-state index contributed by atoms with van der Waals surface area (Å²) < 4.78 is 31.8. The second-order valence-electron chi connectivity index (χ2n) is 6.87. The molecule has 0 bridgehead atoms. The average molecular weight is 432 g/mol. The Hall–Kier alpha value is -1.04. The van der Waals surface area contributed by atoms with Crippen molar-refractivity contribution in [2.24, 2.45) is 0 Å². The van der Waals surface area contributed by atoms with Gasteiger partial charge in [0.2, 0.25) is 10.0 Å². The molecule has 2 aliphatic rings. The molecule has 27 heavy (non-hydrogen) atoms. The van der Waals surface area contributed by atoms with E-state index in [1.165, 1.54) is 10.6 Å². The van der Waals surface area contributed by atoms with E-state index in [0.717, 1.165) is 22.6 Å². The highest BCUT2D eigenvalue weighted by molar-refractivity contribution is 7.88. The van der Waals surface area contributed by atoms with E-state index in [9.17, 15) is 8.42 Å². The highest BCUT2D eigenvalue weighted by Crippen LogP contribution is 2.30. The van der Waals surface area contributed by atoms with Crippen LogP contribution in [0, 0.1) is 0 Å². The molecule has 2 saturated heterocycles. The molecule has 2 unspecified atom stereocenters. The van der Waals surface area contributed by atoms with Crippen LogP contribution in [-0.4, -0.2) is 91.3 Å². The average Bonchev–Trinajstić information content (AvgIpc) is 3.09. The summed E-state index contributed by atoms with van der Waals surface area (Å²) >= 11 is 8.00. The molecule has 2 aliphatic heterocycles. The Morgan fingerprint density at radius 1 is 1.26 bits per heavy atom. The van der Waals surface area contributed by atoms with Crippen molar-refractivity contribution < 1.29 is 13.2 Å². The van der Waals surface area contributed by atoms with Gasteiger partial charge in [-0.15, -0.1) is 11.3 Å². The lowest BCUT2D eigenvalue weighted by Crippen LogP contribution is -2.54. The van der Waals surface area contributed by atoms with Gasteiger partial charge in [-0.2, -0.15) is 4.31 Å². The van der Waals surface area contributed by atoms with Crippen molar-refractivity contribution in [1.29, 1.82) is 0 Å². The molecule has 0 aliphatic carbocycles. The number of thiophene rings is 1. The minimum Gasteiger partial charge on any atom is -0.354 e. The van der Waals surface area contributed by atoms with Gasteiger partial charge in [-0.1, -0.05) is 11.6 Å². The van der Waals surface area contributed by atoms with E-state index >= 15 is 0 Å². The molecule has 0 spiro atoms. The van der Waals surface area contributed by atoms with E-state index in [1.807, 2.05) is 11.4 Å². The van der Waals surface area contributed by atoms with Crippen LogP contribution >= 0.6 is 22.9 Å².